The lowest BCUT2D eigenvalue weighted by atomic mass is 10.3. The van der Waals surface area contributed by atoms with E-state index in [9.17, 15) is 9.90 Å². The number of aliphatic hydroxyl groups is 1. The van der Waals surface area contributed by atoms with Gasteiger partial charge in [-0.05, 0) is 17.9 Å². The van der Waals surface area contributed by atoms with Crippen molar-refractivity contribution in [3.63, 3.8) is 0 Å². The van der Waals surface area contributed by atoms with Crippen molar-refractivity contribution in [1.29, 1.82) is 0 Å². The van der Waals surface area contributed by atoms with Crippen LogP contribution in [0.15, 0.2) is 17.5 Å². The van der Waals surface area contributed by atoms with E-state index in [-0.39, 0.29) is 5.91 Å². The topological polar surface area (TPSA) is 58.6 Å². The number of ether oxygens (including phenoxy) is 1. The molecule has 1 amide bonds. The highest BCUT2D eigenvalue weighted by molar-refractivity contribution is 7.99. The SMILES string of the molecule is COCC(O)CCNC(=O)CSCc1cccs1. The number of aliphatic hydroxyl groups excluding tert-OH is 1. The van der Waals surface area contributed by atoms with Crippen molar-refractivity contribution >= 4 is 29.0 Å². The summed E-state index contributed by atoms with van der Waals surface area (Å²) in [5.74, 6) is 1.34. The lowest BCUT2D eigenvalue weighted by Crippen LogP contribution is -2.29. The van der Waals surface area contributed by atoms with E-state index in [1.54, 1.807) is 30.2 Å². The molecule has 1 aromatic rings. The summed E-state index contributed by atoms with van der Waals surface area (Å²) in [5, 5.41) is 14.2. The van der Waals surface area contributed by atoms with Crippen molar-refractivity contribution in [3.05, 3.63) is 22.4 Å². The molecule has 0 saturated heterocycles. The van der Waals surface area contributed by atoms with Crippen molar-refractivity contribution in [1.82, 2.24) is 5.32 Å². The molecule has 4 nitrogen and oxygen atoms in total. The fourth-order valence-electron chi connectivity index (χ4n) is 1.34. The lowest BCUT2D eigenvalue weighted by molar-refractivity contribution is -0.118. The zero-order chi connectivity index (χ0) is 13.2. The molecule has 0 aliphatic carbocycles. The first-order valence-corrected chi connectivity index (χ1v) is 7.79. The minimum absolute atomic E-state index is 0.0150. The van der Waals surface area contributed by atoms with Gasteiger partial charge in [-0.1, -0.05) is 6.07 Å². The van der Waals surface area contributed by atoms with Gasteiger partial charge in [-0.2, -0.15) is 0 Å². The first kappa shape index (κ1) is 15.5. The summed E-state index contributed by atoms with van der Waals surface area (Å²) in [7, 11) is 1.54. The average molecular weight is 289 g/mol. The van der Waals surface area contributed by atoms with E-state index in [1.165, 1.54) is 4.88 Å². The summed E-state index contributed by atoms with van der Waals surface area (Å²) >= 11 is 3.30. The Morgan fingerprint density at radius 2 is 2.50 bits per heavy atom. The molecule has 18 heavy (non-hydrogen) atoms. The molecule has 0 bridgehead atoms. The molecule has 1 rings (SSSR count). The monoisotopic (exact) mass is 289 g/mol. The Labute approximate surface area is 116 Å². The molecule has 2 N–H and O–H groups in total. The Morgan fingerprint density at radius 3 is 3.17 bits per heavy atom. The zero-order valence-electron chi connectivity index (χ0n) is 10.4. The Bertz CT molecular complexity index is 330. The molecule has 0 aliphatic heterocycles. The van der Waals surface area contributed by atoms with E-state index in [1.807, 2.05) is 11.4 Å². The van der Waals surface area contributed by atoms with E-state index in [2.05, 4.69) is 11.4 Å². The summed E-state index contributed by atoms with van der Waals surface area (Å²) < 4.78 is 4.80. The van der Waals surface area contributed by atoms with Crippen LogP contribution in [-0.2, 0) is 15.3 Å². The van der Waals surface area contributed by atoms with Gasteiger partial charge in [-0.25, -0.2) is 0 Å². The zero-order valence-corrected chi connectivity index (χ0v) is 12.1. The summed E-state index contributed by atoms with van der Waals surface area (Å²) in [6, 6.07) is 4.08. The second-order valence-corrected chi connectivity index (χ2v) is 5.84. The second kappa shape index (κ2) is 9.38. The van der Waals surface area contributed by atoms with Crippen LogP contribution in [0.5, 0.6) is 0 Å². The van der Waals surface area contributed by atoms with Crippen LogP contribution in [0.3, 0.4) is 0 Å². The molecule has 0 aromatic carbocycles. The fourth-order valence-corrected chi connectivity index (χ4v) is 3.04. The van der Waals surface area contributed by atoms with Gasteiger partial charge >= 0.3 is 0 Å². The molecule has 1 heterocycles. The summed E-state index contributed by atoms with van der Waals surface area (Å²) in [6.45, 7) is 0.798. The van der Waals surface area contributed by atoms with Crippen LogP contribution in [-0.4, -0.2) is 43.1 Å². The van der Waals surface area contributed by atoms with Crippen molar-refractivity contribution < 1.29 is 14.6 Å². The average Bonchev–Trinajstić information content (AvgIpc) is 2.82. The Hall–Kier alpha value is -0.560. The number of amides is 1. The molecule has 0 fully saturated rings. The first-order valence-electron chi connectivity index (χ1n) is 5.76. The van der Waals surface area contributed by atoms with Crippen LogP contribution in [0.25, 0.3) is 0 Å². The van der Waals surface area contributed by atoms with Gasteiger partial charge in [0.2, 0.25) is 5.91 Å². The first-order chi connectivity index (χ1) is 8.72. The van der Waals surface area contributed by atoms with Gasteiger partial charge in [0.05, 0.1) is 18.5 Å². The maximum Gasteiger partial charge on any atom is 0.230 e. The molecule has 1 unspecified atom stereocenters. The van der Waals surface area contributed by atoms with Crippen molar-refractivity contribution in [2.45, 2.75) is 18.3 Å². The summed E-state index contributed by atoms with van der Waals surface area (Å²) in [5.41, 5.74) is 0. The summed E-state index contributed by atoms with van der Waals surface area (Å²) in [4.78, 5) is 12.8. The largest absolute Gasteiger partial charge is 0.391 e. The highest BCUT2D eigenvalue weighted by Gasteiger charge is 2.05. The molecular weight excluding hydrogens is 270 g/mol. The molecule has 0 saturated carbocycles. The standard InChI is InChI=1S/C12H19NO3S2/c1-16-7-10(14)4-5-13-12(15)9-17-8-11-3-2-6-18-11/h2-3,6,10,14H,4-5,7-9H2,1H3,(H,13,15). The van der Waals surface area contributed by atoms with Gasteiger partial charge in [0.25, 0.3) is 0 Å². The maximum atomic E-state index is 11.5. The number of hydrogen-bond acceptors (Lipinski definition) is 5. The Balaban J connectivity index is 2.00. The van der Waals surface area contributed by atoms with Crippen LogP contribution in [0, 0.1) is 0 Å². The van der Waals surface area contributed by atoms with Crippen molar-refractivity contribution in [3.8, 4) is 0 Å². The Kier molecular flexibility index (Phi) is 8.08. The van der Waals surface area contributed by atoms with Crippen molar-refractivity contribution in [2.75, 3.05) is 26.0 Å². The van der Waals surface area contributed by atoms with Crippen LogP contribution in [0.1, 0.15) is 11.3 Å². The lowest BCUT2D eigenvalue weighted by Gasteiger charge is -2.09. The minimum Gasteiger partial charge on any atom is -0.391 e. The van der Waals surface area contributed by atoms with Gasteiger partial charge in [-0.15, -0.1) is 23.1 Å². The molecule has 1 atom stereocenters. The minimum atomic E-state index is -0.505. The van der Waals surface area contributed by atoms with E-state index >= 15 is 0 Å². The van der Waals surface area contributed by atoms with Gasteiger partial charge in [0.15, 0.2) is 0 Å². The van der Waals surface area contributed by atoms with Gasteiger partial charge in [0.1, 0.15) is 0 Å². The number of carbonyl (C=O) groups is 1. The third-order valence-corrected chi connectivity index (χ3v) is 4.26. The highest BCUT2D eigenvalue weighted by Crippen LogP contribution is 2.16. The smallest absolute Gasteiger partial charge is 0.230 e. The highest BCUT2D eigenvalue weighted by atomic mass is 32.2. The quantitative estimate of drug-likeness (QED) is 0.723. The van der Waals surface area contributed by atoms with Gasteiger partial charge in [0, 0.05) is 24.3 Å². The fraction of sp³-hybridized carbons (Fsp3) is 0.583. The predicted molar refractivity (Wildman–Crippen MR) is 76.0 cm³/mol. The third kappa shape index (κ3) is 7.00. The van der Waals surface area contributed by atoms with E-state index in [4.69, 9.17) is 4.74 Å². The van der Waals surface area contributed by atoms with E-state index < -0.39 is 6.10 Å². The predicted octanol–water partition coefficient (Wildman–Crippen LogP) is 1.49. The Morgan fingerprint density at radius 1 is 1.67 bits per heavy atom. The summed E-state index contributed by atoms with van der Waals surface area (Å²) in [6.07, 6.45) is 0.0175. The molecule has 1 aromatic heterocycles. The van der Waals surface area contributed by atoms with Crippen LogP contribution >= 0.6 is 23.1 Å². The molecule has 0 spiro atoms. The molecule has 0 aliphatic rings. The van der Waals surface area contributed by atoms with E-state index in [0.29, 0.717) is 25.3 Å². The van der Waals surface area contributed by atoms with Crippen LogP contribution < -0.4 is 5.32 Å². The normalized spacial score (nSPS) is 12.3. The van der Waals surface area contributed by atoms with Crippen LogP contribution in [0.4, 0.5) is 0 Å². The number of thiophene rings is 1. The molecule has 6 heteroatoms. The number of methoxy groups -OCH3 is 1. The number of thioether (sulfide) groups is 1. The molecular formula is C12H19NO3S2. The second-order valence-electron chi connectivity index (χ2n) is 3.82. The van der Waals surface area contributed by atoms with Crippen LogP contribution in [0.2, 0.25) is 0 Å². The van der Waals surface area contributed by atoms with E-state index in [0.717, 1.165) is 5.75 Å². The number of rotatable bonds is 9. The maximum absolute atomic E-state index is 11.5. The molecule has 102 valence electrons. The molecule has 0 radical (unpaired) electrons. The van der Waals surface area contributed by atoms with Gasteiger partial charge in [-0.3, -0.25) is 4.79 Å². The van der Waals surface area contributed by atoms with Crippen molar-refractivity contribution in [2.24, 2.45) is 0 Å². The number of carbonyl (C=O) groups excluding carboxylic acids is 1. The number of nitrogens with one attached hydrogen (secondary N) is 1. The van der Waals surface area contributed by atoms with Gasteiger partial charge < -0.3 is 15.2 Å². The third-order valence-electron chi connectivity index (χ3n) is 2.22. The number of hydrogen-bond donors (Lipinski definition) is 2.